The van der Waals surface area contributed by atoms with Crippen molar-refractivity contribution >= 4 is 40.1 Å². The Labute approximate surface area is 160 Å². The monoisotopic (exact) mass is 413 g/mol. The first-order valence-corrected chi connectivity index (χ1v) is 10.0. The number of nitrogens with zero attached hydrogens (tertiary/aromatic N) is 2. The molecular weight excluding hydrogens is 399 g/mol. The second-order valence-electron chi connectivity index (χ2n) is 6.10. The molecule has 1 atom stereocenters. The van der Waals surface area contributed by atoms with Crippen molar-refractivity contribution < 1.29 is 22.4 Å². The largest absolute Gasteiger partial charge is 0.433 e. The number of thioether (sulfide) groups is 1. The van der Waals surface area contributed by atoms with Gasteiger partial charge in [0.25, 0.3) is 5.22 Å². The molecular formula is C17H14F3N3O2S2. The summed E-state index contributed by atoms with van der Waals surface area (Å²) in [5, 5.41) is 3.43. The van der Waals surface area contributed by atoms with E-state index in [0.29, 0.717) is 10.8 Å². The number of aromatic nitrogens is 2. The number of hydrogen-bond acceptors (Lipinski definition) is 7. The molecule has 0 aromatic carbocycles. The molecule has 10 heteroatoms. The van der Waals surface area contributed by atoms with Crippen LogP contribution in [0.1, 0.15) is 32.6 Å². The van der Waals surface area contributed by atoms with Crippen LogP contribution in [0.5, 0.6) is 0 Å². The minimum Gasteiger partial charge on any atom is -0.412 e. The van der Waals surface area contributed by atoms with Crippen molar-refractivity contribution in [3.05, 3.63) is 39.7 Å². The third-order valence-electron chi connectivity index (χ3n) is 4.22. The van der Waals surface area contributed by atoms with Gasteiger partial charge in [-0.05, 0) is 37.2 Å². The van der Waals surface area contributed by atoms with Gasteiger partial charge in [0.05, 0.1) is 10.6 Å². The summed E-state index contributed by atoms with van der Waals surface area (Å²) in [6.45, 7) is 1.92. The van der Waals surface area contributed by atoms with Crippen molar-refractivity contribution in [3.63, 3.8) is 0 Å². The molecule has 0 amide bonds. The Kier molecular flexibility index (Phi) is 4.95. The molecule has 1 aliphatic heterocycles. The van der Waals surface area contributed by atoms with Crippen molar-refractivity contribution in [3.8, 4) is 0 Å². The van der Waals surface area contributed by atoms with Gasteiger partial charge in [-0.3, -0.25) is 4.79 Å². The standard InChI is InChI=1S/C17H14F3N3O2S2/c18-17(19,20)14-4-1-10-15(23-14)25-16(22-10)26-8-11(24)13-3-2-12(27-13)9-5-6-21-7-9/h1-4,9,21H,5-8H2. The highest BCUT2D eigenvalue weighted by Crippen LogP contribution is 2.32. The lowest BCUT2D eigenvalue weighted by Gasteiger charge is -2.03. The average Bonchev–Trinajstić information content (AvgIpc) is 3.37. The van der Waals surface area contributed by atoms with Gasteiger partial charge < -0.3 is 9.73 Å². The quantitative estimate of drug-likeness (QED) is 0.495. The summed E-state index contributed by atoms with van der Waals surface area (Å²) in [6, 6.07) is 5.88. The molecule has 1 fully saturated rings. The van der Waals surface area contributed by atoms with Gasteiger partial charge in [-0.25, -0.2) is 9.97 Å². The Morgan fingerprint density at radius 2 is 2.15 bits per heavy atom. The predicted octanol–water partition coefficient (Wildman–Crippen LogP) is 4.36. The predicted molar refractivity (Wildman–Crippen MR) is 96.4 cm³/mol. The molecule has 142 valence electrons. The van der Waals surface area contributed by atoms with Crippen LogP contribution in [0.25, 0.3) is 11.2 Å². The van der Waals surface area contributed by atoms with Gasteiger partial charge in [0, 0.05) is 17.3 Å². The van der Waals surface area contributed by atoms with Gasteiger partial charge in [0.15, 0.2) is 5.78 Å². The molecule has 1 N–H and O–H groups in total. The number of rotatable bonds is 5. The summed E-state index contributed by atoms with van der Waals surface area (Å²) in [5.74, 6) is 0.491. The molecule has 0 bridgehead atoms. The SMILES string of the molecule is O=C(CSc1nc2ccc(C(F)(F)F)nc2o1)c1ccc(C2CCNC2)s1. The Bertz CT molecular complexity index is 977. The number of oxazole rings is 1. The number of nitrogens with one attached hydrogen (secondary N) is 1. The zero-order valence-corrected chi connectivity index (χ0v) is 15.5. The summed E-state index contributed by atoms with van der Waals surface area (Å²) < 4.78 is 43.4. The van der Waals surface area contributed by atoms with Crippen LogP contribution in [-0.2, 0) is 6.18 Å². The van der Waals surface area contributed by atoms with E-state index in [1.807, 2.05) is 12.1 Å². The van der Waals surface area contributed by atoms with E-state index in [2.05, 4.69) is 15.3 Å². The summed E-state index contributed by atoms with van der Waals surface area (Å²) in [4.78, 5) is 21.8. The fourth-order valence-corrected chi connectivity index (χ4v) is 4.72. The number of halogens is 3. The van der Waals surface area contributed by atoms with Gasteiger partial charge in [-0.2, -0.15) is 13.2 Å². The first kappa shape index (κ1) is 18.5. The van der Waals surface area contributed by atoms with E-state index in [-0.39, 0.29) is 28.0 Å². The zero-order valence-electron chi connectivity index (χ0n) is 13.9. The van der Waals surface area contributed by atoms with Crippen molar-refractivity contribution in [2.75, 3.05) is 18.8 Å². The number of thiophene rings is 1. The number of pyridine rings is 1. The molecule has 0 aliphatic carbocycles. The first-order chi connectivity index (χ1) is 12.9. The van der Waals surface area contributed by atoms with Crippen molar-refractivity contribution in [2.24, 2.45) is 0 Å². The normalized spacial score (nSPS) is 17.7. The first-order valence-electron chi connectivity index (χ1n) is 8.21. The molecule has 0 saturated carbocycles. The molecule has 27 heavy (non-hydrogen) atoms. The topological polar surface area (TPSA) is 68.0 Å². The van der Waals surface area contributed by atoms with Crippen molar-refractivity contribution in [1.29, 1.82) is 0 Å². The molecule has 3 aromatic rings. The molecule has 1 saturated heterocycles. The average molecular weight is 413 g/mol. The van der Waals surface area contributed by atoms with Gasteiger partial charge in [0.1, 0.15) is 11.2 Å². The lowest BCUT2D eigenvalue weighted by atomic mass is 10.1. The molecule has 1 aliphatic rings. The van der Waals surface area contributed by atoms with E-state index in [4.69, 9.17) is 4.42 Å². The molecule has 5 nitrogen and oxygen atoms in total. The van der Waals surface area contributed by atoms with Crippen LogP contribution < -0.4 is 5.32 Å². The van der Waals surface area contributed by atoms with Crippen LogP contribution in [0.2, 0.25) is 0 Å². The number of hydrogen-bond donors (Lipinski definition) is 1. The second-order valence-corrected chi connectivity index (χ2v) is 8.14. The highest BCUT2D eigenvalue weighted by atomic mass is 32.2. The summed E-state index contributed by atoms with van der Waals surface area (Å²) in [6.07, 6.45) is -3.48. The third-order valence-corrected chi connectivity index (χ3v) is 6.33. The zero-order chi connectivity index (χ0) is 19.0. The fourth-order valence-electron chi connectivity index (χ4n) is 2.83. The molecule has 1 unspecified atom stereocenters. The van der Waals surface area contributed by atoms with Gasteiger partial charge in [-0.1, -0.05) is 11.8 Å². The van der Waals surface area contributed by atoms with Crippen LogP contribution in [0.3, 0.4) is 0 Å². The fraction of sp³-hybridized carbons (Fsp3) is 0.353. The minimum atomic E-state index is -4.55. The Hall–Kier alpha value is -1.91. The van der Waals surface area contributed by atoms with E-state index >= 15 is 0 Å². The highest BCUT2D eigenvalue weighted by molar-refractivity contribution is 7.99. The maximum Gasteiger partial charge on any atom is 0.433 e. The lowest BCUT2D eigenvalue weighted by molar-refractivity contribution is -0.141. The lowest BCUT2D eigenvalue weighted by Crippen LogP contribution is -2.07. The summed E-state index contributed by atoms with van der Waals surface area (Å²) >= 11 is 2.54. The molecule has 4 rings (SSSR count). The number of carbonyl (C=O) groups excluding carboxylic acids is 1. The van der Waals surface area contributed by atoms with Crippen LogP contribution >= 0.6 is 23.1 Å². The maximum absolute atomic E-state index is 12.7. The number of Topliss-reactive ketones (excluding diaryl/α,β-unsaturated/α-hetero) is 1. The Balaban J connectivity index is 1.43. The maximum atomic E-state index is 12.7. The molecule has 3 aromatic heterocycles. The van der Waals surface area contributed by atoms with Gasteiger partial charge >= 0.3 is 6.18 Å². The van der Waals surface area contributed by atoms with Crippen LogP contribution in [0.4, 0.5) is 13.2 Å². The molecule has 0 radical (unpaired) electrons. The van der Waals surface area contributed by atoms with Crippen LogP contribution in [0.15, 0.2) is 33.9 Å². The second kappa shape index (κ2) is 7.25. The molecule has 4 heterocycles. The van der Waals surface area contributed by atoms with E-state index in [1.54, 1.807) is 0 Å². The van der Waals surface area contributed by atoms with Gasteiger partial charge in [-0.15, -0.1) is 11.3 Å². The van der Waals surface area contributed by atoms with Crippen molar-refractivity contribution in [2.45, 2.75) is 23.7 Å². The summed E-state index contributed by atoms with van der Waals surface area (Å²) in [5.41, 5.74) is -0.997. The van der Waals surface area contributed by atoms with Crippen LogP contribution in [0, 0.1) is 0 Å². The Morgan fingerprint density at radius 3 is 2.89 bits per heavy atom. The van der Waals surface area contributed by atoms with Crippen LogP contribution in [-0.4, -0.2) is 34.6 Å². The Morgan fingerprint density at radius 1 is 1.30 bits per heavy atom. The molecule has 0 spiro atoms. The smallest absolute Gasteiger partial charge is 0.412 e. The minimum absolute atomic E-state index is 0.0617. The third kappa shape index (κ3) is 4.02. The number of ketones is 1. The number of fused-ring (bicyclic) bond motifs is 1. The number of alkyl halides is 3. The van der Waals surface area contributed by atoms with Crippen molar-refractivity contribution in [1.82, 2.24) is 15.3 Å². The van der Waals surface area contributed by atoms with E-state index in [9.17, 15) is 18.0 Å². The van der Waals surface area contributed by atoms with Gasteiger partial charge in [0.2, 0.25) is 5.71 Å². The van der Waals surface area contributed by atoms with E-state index in [1.165, 1.54) is 22.3 Å². The summed E-state index contributed by atoms with van der Waals surface area (Å²) in [7, 11) is 0. The number of carbonyl (C=O) groups is 1. The van der Waals surface area contributed by atoms with E-state index in [0.717, 1.165) is 37.3 Å². The van der Waals surface area contributed by atoms with E-state index < -0.39 is 11.9 Å². The highest BCUT2D eigenvalue weighted by Gasteiger charge is 2.33.